The summed E-state index contributed by atoms with van der Waals surface area (Å²) in [7, 11) is 0. The molecule has 3 heteroatoms. The molecule has 12 heavy (non-hydrogen) atoms. The van der Waals surface area contributed by atoms with Crippen molar-refractivity contribution in [1.29, 1.82) is 0 Å². The second-order valence-electron chi connectivity index (χ2n) is 3.17. The van der Waals surface area contributed by atoms with Crippen molar-refractivity contribution in [2.45, 2.75) is 18.4 Å². The van der Waals surface area contributed by atoms with E-state index >= 15 is 0 Å². The summed E-state index contributed by atoms with van der Waals surface area (Å²) in [5.41, 5.74) is 6.81. The maximum atomic E-state index is 5.98. The van der Waals surface area contributed by atoms with Gasteiger partial charge in [0.1, 0.15) is 0 Å². The minimum atomic E-state index is 0.279. The van der Waals surface area contributed by atoms with Gasteiger partial charge in [-0.2, -0.15) is 0 Å². The van der Waals surface area contributed by atoms with Crippen molar-refractivity contribution >= 4 is 23.2 Å². The van der Waals surface area contributed by atoms with Crippen LogP contribution in [0.4, 0.5) is 0 Å². The first kappa shape index (κ1) is 8.36. The Morgan fingerprint density at radius 2 is 2.00 bits per heavy atom. The van der Waals surface area contributed by atoms with Crippen LogP contribution < -0.4 is 5.73 Å². The van der Waals surface area contributed by atoms with Crippen molar-refractivity contribution < 1.29 is 0 Å². The number of hydrogen-bond donors (Lipinski definition) is 1. The van der Waals surface area contributed by atoms with E-state index in [4.69, 9.17) is 28.9 Å². The molecular weight excluding hydrogens is 193 g/mol. The van der Waals surface area contributed by atoms with E-state index in [1.54, 1.807) is 6.07 Å². The van der Waals surface area contributed by atoms with Gasteiger partial charge >= 0.3 is 0 Å². The molecule has 64 valence electrons. The van der Waals surface area contributed by atoms with Gasteiger partial charge in [0.25, 0.3) is 0 Å². The predicted octanol–water partition coefficient (Wildman–Crippen LogP) is 2.81. The SMILES string of the molecule is NC1CC1c1cc(Cl)ccc1Cl. The number of nitrogens with two attached hydrogens (primary N) is 1. The molecule has 1 aliphatic rings. The van der Waals surface area contributed by atoms with Crippen LogP contribution in [0.3, 0.4) is 0 Å². The molecule has 0 amide bonds. The van der Waals surface area contributed by atoms with Gasteiger partial charge in [0, 0.05) is 22.0 Å². The monoisotopic (exact) mass is 201 g/mol. The summed E-state index contributed by atoms with van der Waals surface area (Å²) >= 11 is 11.8. The highest BCUT2D eigenvalue weighted by Gasteiger charge is 2.36. The van der Waals surface area contributed by atoms with Gasteiger partial charge in [-0.25, -0.2) is 0 Å². The topological polar surface area (TPSA) is 26.0 Å². The molecule has 0 aliphatic heterocycles. The summed E-state index contributed by atoms with van der Waals surface area (Å²) in [6.07, 6.45) is 1.03. The maximum absolute atomic E-state index is 5.98. The van der Waals surface area contributed by atoms with E-state index in [9.17, 15) is 0 Å². The Kier molecular flexibility index (Phi) is 2.03. The lowest BCUT2D eigenvalue weighted by Crippen LogP contribution is -2.01. The highest BCUT2D eigenvalue weighted by Crippen LogP contribution is 2.42. The van der Waals surface area contributed by atoms with Gasteiger partial charge in [0.05, 0.1) is 0 Å². The Labute approximate surface area is 81.5 Å². The van der Waals surface area contributed by atoms with Gasteiger partial charge in [0.2, 0.25) is 0 Å². The van der Waals surface area contributed by atoms with Crippen molar-refractivity contribution in [1.82, 2.24) is 0 Å². The molecule has 1 aromatic carbocycles. The lowest BCUT2D eigenvalue weighted by Gasteiger charge is -2.02. The molecule has 2 unspecified atom stereocenters. The zero-order chi connectivity index (χ0) is 8.72. The van der Waals surface area contributed by atoms with E-state index in [1.165, 1.54) is 0 Å². The van der Waals surface area contributed by atoms with Gasteiger partial charge in [-0.15, -0.1) is 0 Å². The number of hydrogen-bond acceptors (Lipinski definition) is 1. The normalized spacial score (nSPS) is 27.2. The zero-order valence-electron chi connectivity index (χ0n) is 6.43. The highest BCUT2D eigenvalue weighted by molar-refractivity contribution is 6.33. The van der Waals surface area contributed by atoms with Crippen LogP contribution in [-0.2, 0) is 0 Å². The molecule has 1 nitrogen and oxygen atoms in total. The van der Waals surface area contributed by atoms with E-state index in [2.05, 4.69) is 0 Å². The van der Waals surface area contributed by atoms with Crippen LogP contribution in [0.5, 0.6) is 0 Å². The third kappa shape index (κ3) is 1.45. The van der Waals surface area contributed by atoms with Crippen molar-refractivity contribution in [3.8, 4) is 0 Å². The zero-order valence-corrected chi connectivity index (χ0v) is 7.94. The van der Waals surface area contributed by atoms with Gasteiger partial charge in [-0.3, -0.25) is 0 Å². The van der Waals surface area contributed by atoms with Crippen LogP contribution >= 0.6 is 23.2 Å². The van der Waals surface area contributed by atoms with Gasteiger partial charge in [-0.05, 0) is 30.2 Å². The smallest absolute Gasteiger partial charge is 0.0442 e. The second kappa shape index (κ2) is 2.91. The maximum Gasteiger partial charge on any atom is 0.0442 e. The third-order valence-electron chi connectivity index (χ3n) is 2.20. The van der Waals surface area contributed by atoms with Crippen molar-refractivity contribution in [3.05, 3.63) is 33.8 Å². The van der Waals surface area contributed by atoms with Gasteiger partial charge < -0.3 is 5.73 Å². The Hall–Kier alpha value is -0.240. The quantitative estimate of drug-likeness (QED) is 0.744. The molecule has 0 saturated heterocycles. The summed E-state index contributed by atoms with van der Waals surface area (Å²) in [5, 5.41) is 1.51. The Morgan fingerprint density at radius 1 is 1.33 bits per heavy atom. The van der Waals surface area contributed by atoms with Crippen molar-refractivity contribution in [3.63, 3.8) is 0 Å². The first-order chi connectivity index (χ1) is 5.68. The highest BCUT2D eigenvalue weighted by atomic mass is 35.5. The number of benzene rings is 1. The van der Waals surface area contributed by atoms with Crippen LogP contribution in [0.25, 0.3) is 0 Å². The largest absolute Gasteiger partial charge is 0.327 e. The molecule has 1 aliphatic carbocycles. The lowest BCUT2D eigenvalue weighted by molar-refractivity contribution is 0.991. The summed E-state index contributed by atoms with van der Waals surface area (Å²) in [6.45, 7) is 0. The number of rotatable bonds is 1. The molecule has 0 spiro atoms. The average Bonchev–Trinajstić information content (AvgIpc) is 2.73. The predicted molar refractivity (Wildman–Crippen MR) is 51.8 cm³/mol. The van der Waals surface area contributed by atoms with E-state index in [0.717, 1.165) is 22.0 Å². The molecule has 0 bridgehead atoms. The Bertz CT molecular complexity index is 311. The third-order valence-corrected chi connectivity index (χ3v) is 2.78. The molecule has 0 aromatic heterocycles. The first-order valence-corrected chi connectivity index (χ1v) is 4.64. The molecule has 1 aromatic rings. The summed E-state index contributed by atoms with van der Waals surface area (Å²) < 4.78 is 0. The molecule has 2 atom stereocenters. The van der Waals surface area contributed by atoms with E-state index in [0.29, 0.717) is 5.92 Å². The Morgan fingerprint density at radius 3 is 2.58 bits per heavy atom. The molecule has 2 rings (SSSR count). The van der Waals surface area contributed by atoms with Crippen LogP contribution in [-0.4, -0.2) is 6.04 Å². The van der Waals surface area contributed by atoms with E-state index in [-0.39, 0.29) is 6.04 Å². The fraction of sp³-hybridized carbons (Fsp3) is 0.333. The molecule has 2 N–H and O–H groups in total. The average molecular weight is 202 g/mol. The lowest BCUT2D eigenvalue weighted by atomic mass is 10.1. The summed E-state index contributed by atoms with van der Waals surface area (Å²) in [6, 6.07) is 5.80. The molecule has 1 fully saturated rings. The fourth-order valence-corrected chi connectivity index (χ4v) is 1.81. The minimum absolute atomic E-state index is 0.279. The fourth-order valence-electron chi connectivity index (χ4n) is 1.37. The van der Waals surface area contributed by atoms with Crippen molar-refractivity contribution in [2.24, 2.45) is 5.73 Å². The first-order valence-electron chi connectivity index (χ1n) is 3.89. The second-order valence-corrected chi connectivity index (χ2v) is 4.02. The van der Waals surface area contributed by atoms with Crippen molar-refractivity contribution in [2.75, 3.05) is 0 Å². The summed E-state index contributed by atoms with van der Waals surface area (Å²) in [4.78, 5) is 0. The standard InChI is InChI=1S/C9H9Cl2N/c10-5-1-2-8(11)6(3-5)7-4-9(7)12/h1-3,7,9H,4,12H2. The minimum Gasteiger partial charge on any atom is -0.327 e. The summed E-state index contributed by atoms with van der Waals surface area (Å²) in [5.74, 6) is 0.427. The van der Waals surface area contributed by atoms with Crippen LogP contribution in [0, 0.1) is 0 Å². The van der Waals surface area contributed by atoms with Crippen LogP contribution in [0.1, 0.15) is 17.9 Å². The molecular formula is C9H9Cl2N. The number of halogens is 2. The Balaban J connectivity index is 2.36. The molecule has 1 saturated carbocycles. The van der Waals surface area contributed by atoms with E-state index < -0.39 is 0 Å². The van der Waals surface area contributed by atoms with E-state index in [1.807, 2.05) is 12.1 Å². The van der Waals surface area contributed by atoms with Gasteiger partial charge in [0.15, 0.2) is 0 Å². The molecule has 0 radical (unpaired) electrons. The molecule has 0 heterocycles. The van der Waals surface area contributed by atoms with Crippen LogP contribution in [0.15, 0.2) is 18.2 Å². The van der Waals surface area contributed by atoms with Gasteiger partial charge in [-0.1, -0.05) is 23.2 Å². The van der Waals surface area contributed by atoms with Crippen LogP contribution in [0.2, 0.25) is 10.0 Å².